The molecule has 3 nitrogen and oxygen atoms in total. The zero-order valence-electron chi connectivity index (χ0n) is 9.79. The second-order valence-corrected chi connectivity index (χ2v) is 4.70. The molecule has 3 heteroatoms. The number of nitrogens with one attached hydrogen (secondary N) is 1. The highest BCUT2D eigenvalue weighted by atomic mass is 16.3. The van der Waals surface area contributed by atoms with E-state index >= 15 is 0 Å². The Morgan fingerprint density at radius 2 is 2.27 bits per heavy atom. The standard InChI is InChI=1S/C12H21NO2/c1-10(9-11-5-4-8-15-11)13-7-6-12(2,3)14/h4-5,8,10,13-14H,6-7,9H2,1-3H3. The average Bonchev–Trinajstić information content (AvgIpc) is 2.54. The van der Waals surface area contributed by atoms with Gasteiger partial charge in [0.25, 0.3) is 0 Å². The first-order valence-electron chi connectivity index (χ1n) is 5.45. The quantitative estimate of drug-likeness (QED) is 0.756. The lowest BCUT2D eigenvalue weighted by Gasteiger charge is -2.19. The van der Waals surface area contributed by atoms with Crippen molar-refractivity contribution in [3.05, 3.63) is 24.2 Å². The maximum Gasteiger partial charge on any atom is 0.105 e. The van der Waals surface area contributed by atoms with Crippen molar-refractivity contribution in [1.29, 1.82) is 0 Å². The zero-order valence-corrected chi connectivity index (χ0v) is 9.79. The van der Waals surface area contributed by atoms with Gasteiger partial charge in [-0.05, 0) is 45.9 Å². The third-order valence-corrected chi connectivity index (χ3v) is 2.32. The molecule has 0 aliphatic heterocycles. The fourth-order valence-electron chi connectivity index (χ4n) is 1.43. The van der Waals surface area contributed by atoms with E-state index in [0.717, 1.165) is 25.1 Å². The topological polar surface area (TPSA) is 45.4 Å². The van der Waals surface area contributed by atoms with Crippen LogP contribution in [0.15, 0.2) is 22.8 Å². The van der Waals surface area contributed by atoms with Gasteiger partial charge in [0.2, 0.25) is 0 Å². The average molecular weight is 211 g/mol. The monoisotopic (exact) mass is 211 g/mol. The van der Waals surface area contributed by atoms with Gasteiger partial charge in [0.1, 0.15) is 5.76 Å². The Kier molecular flexibility index (Phi) is 4.36. The highest BCUT2D eigenvalue weighted by molar-refractivity contribution is 4.99. The summed E-state index contributed by atoms with van der Waals surface area (Å²) in [6.45, 7) is 6.59. The Labute approximate surface area is 91.5 Å². The van der Waals surface area contributed by atoms with Gasteiger partial charge in [-0.15, -0.1) is 0 Å². The number of aliphatic hydroxyl groups is 1. The first kappa shape index (κ1) is 12.3. The molecule has 1 rings (SSSR count). The molecule has 1 aromatic rings. The number of furan rings is 1. The van der Waals surface area contributed by atoms with Gasteiger partial charge >= 0.3 is 0 Å². The van der Waals surface area contributed by atoms with E-state index in [-0.39, 0.29) is 0 Å². The lowest BCUT2D eigenvalue weighted by molar-refractivity contribution is 0.0705. The molecule has 1 unspecified atom stereocenters. The van der Waals surface area contributed by atoms with E-state index in [0.29, 0.717) is 6.04 Å². The van der Waals surface area contributed by atoms with Gasteiger partial charge in [0.05, 0.1) is 11.9 Å². The fourth-order valence-corrected chi connectivity index (χ4v) is 1.43. The van der Waals surface area contributed by atoms with Crippen LogP contribution >= 0.6 is 0 Å². The molecule has 0 bridgehead atoms. The SMILES string of the molecule is CC(Cc1ccco1)NCCC(C)(C)O. The van der Waals surface area contributed by atoms with E-state index in [4.69, 9.17) is 4.42 Å². The predicted octanol–water partition coefficient (Wildman–Crippen LogP) is 1.96. The molecule has 0 aliphatic rings. The number of rotatable bonds is 6. The van der Waals surface area contributed by atoms with E-state index in [9.17, 15) is 5.11 Å². The smallest absolute Gasteiger partial charge is 0.105 e. The van der Waals surface area contributed by atoms with E-state index < -0.39 is 5.60 Å². The van der Waals surface area contributed by atoms with Crippen molar-refractivity contribution in [3.8, 4) is 0 Å². The van der Waals surface area contributed by atoms with Gasteiger partial charge in [-0.3, -0.25) is 0 Å². The summed E-state index contributed by atoms with van der Waals surface area (Å²) in [4.78, 5) is 0. The second kappa shape index (κ2) is 5.33. The van der Waals surface area contributed by atoms with Crippen molar-refractivity contribution < 1.29 is 9.52 Å². The van der Waals surface area contributed by atoms with Gasteiger partial charge in [0.15, 0.2) is 0 Å². The molecule has 0 amide bonds. The molecular weight excluding hydrogens is 190 g/mol. The summed E-state index contributed by atoms with van der Waals surface area (Å²) in [5.74, 6) is 0.998. The minimum atomic E-state index is -0.586. The van der Waals surface area contributed by atoms with Gasteiger partial charge < -0.3 is 14.8 Å². The molecule has 0 fully saturated rings. The fraction of sp³-hybridized carbons (Fsp3) is 0.667. The molecule has 0 aromatic carbocycles. The molecule has 0 saturated carbocycles. The molecule has 0 aliphatic carbocycles. The summed E-state index contributed by atoms with van der Waals surface area (Å²) in [6.07, 6.45) is 3.34. The lowest BCUT2D eigenvalue weighted by atomic mass is 10.1. The first-order chi connectivity index (χ1) is 6.97. The normalized spacial score (nSPS) is 14.1. The molecule has 0 saturated heterocycles. The second-order valence-electron chi connectivity index (χ2n) is 4.70. The van der Waals surface area contributed by atoms with Gasteiger partial charge in [-0.1, -0.05) is 0 Å². The Morgan fingerprint density at radius 3 is 2.80 bits per heavy atom. The Bertz CT molecular complexity index is 262. The highest BCUT2D eigenvalue weighted by Crippen LogP contribution is 2.07. The van der Waals surface area contributed by atoms with Crippen molar-refractivity contribution in [2.75, 3.05) is 6.54 Å². The maximum atomic E-state index is 9.53. The van der Waals surface area contributed by atoms with Gasteiger partial charge in [-0.2, -0.15) is 0 Å². The van der Waals surface area contributed by atoms with Crippen molar-refractivity contribution in [1.82, 2.24) is 5.32 Å². The van der Waals surface area contributed by atoms with Crippen LogP contribution in [0.1, 0.15) is 33.0 Å². The summed E-state index contributed by atoms with van der Waals surface area (Å²) >= 11 is 0. The van der Waals surface area contributed by atoms with E-state index in [1.54, 1.807) is 6.26 Å². The van der Waals surface area contributed by atoms with Crippen molar-refractivity contribution in [2.45, 2.75) is 45.3 Å². The molecule has 15 heavy (non-hydrogen) atoms. The van der Waals surface area contributed by atoms with Crippen molar-refractivity contribution >= 4 is 0 Å². The number of hydrogen-bond acceptors (Lipinski definition) is 3. The largest absolute Gasteiger partial charge is 0.469 e. The molecule has 86 valence electrons. The van der Waals surface area contributed by atoms with Crippen molar-refractivity contribution in [2.24, 2.45) is 0 Å². The first-order valence-corrected chi connectivity index (χ1v) is 5.45. The molecule has 0 radical (unpaired) electrons. The summed E-state index contributed by atoms with van der Waals surface area (Å²) in [5, 5.41) is 12.9. The summed E-state index contributed by atoms with van der Waals surface area (Å²) in [5.41, 5.74) is -0.586. The Hall–Kier alpha value is -0.800. The molecule has 1 heterocycles. The molecule has 1 atom stereocenters. The maximum absolute atomic E-state index is 9.53. The lowest BCUT2D eigenvalue weighted by Crippen LogP contribution is -2.33. The highest BCUT2D eigenvalue weighted by Gasteiger charge is 2.12. The molecular formula is C12H21NO2. The van der Waals surface area contributed by atoms with Crippen LogP contribution in [-0.2, 0) is 6.42 Å². The summed E-state index contributed by atoms with van der Waals surface area (Å²) in [7, 11) is 0. The number of hydrogen-bond donors (Lipinski definition) is 2. The van der Waals surface area contributed by atoms with Gasteiger partial charge in [-0.25, -0.2) is 0 Å². The molecule has 1 aromatic heterocycles. The van der Waals surface area contributed by atoms with Crippen LogP contribution in [0.2, 0.25) is 0 Å². The minimum Gasteiger partial charge on any atom is -0.469 e. The third kappa shape index (κ3) is 5.60. The summed E-state index contributed by atoms with van der Waals surface area (Å²) in [6, 6.07) is 4.26. The molecule has 0 spiro atoms. The van der Waals surface area contributed by atoms with Crippen LogP contribution in [0.3, 0.4) is 0 Å². The van der Waals surface area contributed by atoms with Crippen LogP contribution in [0.4, 0.5) is 0 Å². The molecule has 2 N–H and O–H groups in total. The van der Waals surface area contributed by atoms with E-state index in [2.05, 4.69) is 12.2 Å². The van der Waals surface area contributed by atoms with Crippen LogP contribution in [0, 0.1) is 0 Å². The Balaban J connectivity index is 2.17. The van der Waals surface area contributed by atoms with Crippen LogP contribution < -0.4 is 5.32 Å². The predicted molar refractivity (Wildman–Crippen MR) is 60.8 cm³/mol. The van der Waals surface area contributed by atoms with E-state index in [1.807, 2.05) is 26.0 Å². The van der Waals surface area contributed by atoms with Crippen LogP contribution in [-0.4, -0.2) is 23.3 Å². The van der Waals surface area contributed by atoms with E-state index in [1.165, 1.54) is 0 Å². The third-order valence-electron chi connectivity index (χ3n) is 2.32. The van der Waals surface area contributed by atoms with Crippen LogP contribution in [0.25, 0.3) is 0 Å². The Morgan fingerprint density at radius 1 is 1.53 bits per heavy atom. The van der Waals surface area contributed by atoms with Crippen LogP contribution in [0.5, 0.6) is 0 Å². The van der Waals surface area contributed by atoms with Gasteiger partial charge in [0, 0.05) is 12.5 Å². The zero-order chi connectivity index (χ0) is 11.3. The van der Waals surface area contributed by atoms with Crippen molar-refractivity contribution in [3.63, 3.8) is 0 Å². The minimum absolute atomic E-state index is 0.374. The summed E-state index contributed by atoms with van der Waals surface area (Å²) < 4.78 is 5.26.